The number of nitrogens with zero attached hydrogens (tertiary/aromatic N) is 2. The second-order valence-corrected chi connectivity index (χ2v) is 4.69. The van der Waals surface area contributed by atoms with Gasteiger partial charge in [-0.1, -0.05) is 48.5 Å². The molecule has 0 saturated carbocycles. The van der Waals surface area contributed by atoms with Crippen LogP contribution in [0.15, 0.2) is 67.5 Å². The Bertz CT molecular complexity index is 722. The maximum Gasteiger partial charge on any atom is 0.203 e. The van der Waals surface area contributed by atoms with Gasteiger partial charge in [0.15, 0.2) is 0 Å². The maximum atomic E-state index is 4.33. The predicted octanol–water partition coefficient (Wildman–Crippen LogP) is 3.68. The second-order valence-electron chi connectivity index (χ2n) is 4.69. The first-order valence-electron chi connectivity index (χ1n) is 6.71. The van der Waals surface area contributed by atoms with E-state index in [1.807, 2.05) is 18.5 Å². The van der Waals surface area contributed by atoms with E-state index in [0.717, 1.165) is 12.5 Å². The fourth-order valence-corrected chi connectivity index (χ4v) is 2.38. The quantitative estimate of drug-likeness (QED) is 0.712. The molecule has 0 aliphatic carbocycles. The molecule has 3 aromatic rings. The lowest BCUT2D eigenvalue weighted by Crippen LogP contribution is -2.08. The van der Waals surface area contributed by atoms with Crippen LogP contribution in [0.2, 0.25) is 0 Å². The molecule has 0 radical (unpaired) electrons. The summed E-state index contributed by atoms with van der Waals surface area (Å²) in [6.07, 6.45) is 5.64. The van der Waals surface area contributed by atoms with Gasteiger partial charge in [-0.15, -0.1) is 6.58 Å². The van der Waals surface area contributed by atoms with Crippen LogP contribution in [0.4, 0.5) is 5.95 Å². The zero-order chi connectivity index (χ0) is 13.8. The summed E-state index contributed by atoms with van der Waals surface area (Å²) in [5, 5.41) is 5.80. The van der Waals surface area contributed by atoms with E-state index >= 15 is 0 Å². The van der Waals surface area contributed by atoms with Crippen LogP contribution < -0.4 is 5.32 Å². The smallest absolute Gasteiger partial charge is 0.203 e. The van der Waals surface area contributed by atoms with Gasteiger partial charge in [-0.25, -0.2) is 4.98 Å². The number of hydrogen-bond donors (Lipinski definition) is 1. The monoisotopic (exact) mass is 263 g/mol. The van der Waals surface area contributed by atoms with Crippen molar-refractivity contribution in [1.82, 2.24) is 9.55 Å². The lowest BCUT2D eigenvalue weighted by molar-refractivity contribution is 0.807. The highest BCUT2D eigenvalue weighted by Gasteiger charge is 2.05. The summed E-state index contributed by atoms with van der Waals surface area (Å²) in [4.78, 5) is 4.33. The van der Waals surface area contributed by atoms with E-state index in [-0.39, 0.29) is 0 Å². The summed E-state index contributed by atoms with van der Waals surface area (Å²) in [5.41, 5.74) is 1.29. The molecule has 3 heteroatoms. The summed E-state index contributed by atoms with van der Waals surface area (Å²) < 4.78 is 2.12. The Balaban J connectivity index is 1.93. The lowest BCUT2D eigenvalue weighted by atomic mass is 10.0. The van der Waals surface area contributed by atoms with Gasteiger partial charge in [0.05, 0.1) is 6.54 Å². The predicted molar refractivity (Wildman–Crippen MR) is 84.0 cm³/mol. The molecule has 0 spiro atoms. The molecule has 0 amide bonds. The third kappa shape index (κ3) is 2.43. The van der Waals surface area contributed by atoms with Gasteiger partial charge in [-0.2, -0.15) is 0 Å². The average molecular weight is 263 g/mol. The molecule has 1 aromatic heterocycles. The van der Waals surface area contributed by atoms with Crippen molar-refractivity contribution in [2.45, 2.75) is 6.54 Å². The van der Waals surface area contributed by atoms with E-state index in [1.54, 1.807) is 0 Å². The highest BCUT2D eigenvalue weighted by atomic mass is 15.2. The normalized spacial score (nSPS) is 10.6. The molecule has 0 bridgehead atoms. The lowest BCUT2D eigenvalue weighted by Gasteiger charge is -2.11. The van der Waals surface area contributed by atoms with Crippen molar-refractivity contribution in [2.24, 2.45) is 0 Å². The number of rotatable bonds is 5. The molecule has 2 aromatic carbocycles. The van der Waals surface area contributed by atoms with E-state index < -0.39 is 0 Å². The molecular weight excluding hydrogens is 246 g/mol. The topological polar surface area (TPSA) is 29.9 Å². The van der Waals surface area contributed by atoms with Crippen LogP contribution in [0.25, 0.3) is 10.8 Å². The van der Waals surface area contributed by atoms with Crippen LogP contribution >= 0.6 is 0 Å². The number of nitrogens with one attached hydrogen (secondary N) is 1. The molecule has 0 aliphatic heterocycles. The fraction of sp³-hybridized carbons (Fsp3) is 0.118. The summed E-state index contributed by atoms with van der Waals surface area (Å²) in [5.74, 6) is 0.873. The second kappa shape index (κ2) is 5.61. The van der Waals surface area contributed by atoms with Crippen LogP contribution in [0.1, 0.15) is 5.56 Å². The third-order valence-electron chi connectivity index (χ3n) is 3.34. The van der Waals surface area contributed by atoms with Crippen LogP contribution in [0, 0.1) is 0 Å². The molecule has 3 rings (SSSR count). The van der Waals surface area contributed by atoms with Crippen LogP contribution in [0.5, 0.6) is 0 Å². The first-order valence-corrected chi connectivity index (χ1v) is 6.71. The van der Waals surface area contributed by atoms with Crippen molar-refractivity contribution in [2.75, 3.05) is 11.9 Å². The highest BCUT2D eigenvalue weighted by molar-refractivity contribution is 5.85. The fourth-order valence-electron chi connectivity index (χ4n) is 2.38. The highest BCUT2D eigenvalue weighted by Crippen LogP contribution is 2.20. The average Bonchev–Trinajstić information content (AvgIpc) is 2.93. The number of fused-ring (bicyclic) bond motifs is 1. The van der Waals surface area contributed by atoms with Gasteiger partial charge in [-0.3, -0.25) is 0 Å². The van der Waals surface area contributed by atoms with Gasteiger partial charge in [0.25, 0.3) is 0 Å². The Morgan fingerprint density at radius 3 is 2.90 bits per heavy atom. The third-order valence-corrected chi connectivity index (χ3v) is 3.34. The van der Waals surface area contributed by atoms with Crippen LogP contribution in [-0.4, -0.2) is 16.1 Å². The number of imidazole rings is 1. The van der Waals surface area contributed by atoms with Crippen molar-refractivity contribution in [1.29, 1.82) is 0 Å². The minimum Gasteiger partial charge on any atom is -0.352 e. The standard InChI is InChI=1S/C17H17N3/c1-2-10-18-17-19-11-12-20(17)13-15-8-5-7-14-6-3-4-9-16(14)15/h2-9,11-12H,1,10,13H2,(H,18,19). The van der Waals surface area contributed by atoms with Crippen molar-refractivity contribution in [3.05, 3.63) is 73.1 Å². The summed E-state index contributed by atoms with van der Waals surface area (Å²) in [6, 6.07) is 14.9. The van der Waals surface area contributed by atoms with E-state index in [9.17, 15) is 0 Å². The molecular formula is C17H17N3. The van der Waals surface area contributed by atoms with Crippen LogP contribution in [-0.2, 0) is 6.54 Å². The minimum atomic E-state index is 0.715. The van der Waals surface area contributed by atoms with Gasteiger partial charge in [0.2, 0.25) is 5.95 Å². The summed E-state index contributed by atoms with van der Waals surface area (Å²) >= 11 is 0. The molecule has 3 nitrogen and oxygen atoms in total. The van der Waals surface area contributed by atoms with Gasteiger partial charge < -0.3 is 9.88 Å². The molecule has 1 heterocycles. The van der Waals surface area contributed by atoms with Gasteiger partial charge in [-0.05, 0) is 16.3 Å². The van der Waals surface area contributed by atoms with Crippen LogP contribution in [0.3, 0.4) is 0 Å². The summed E-state index contributed by atoms with van der Waals surface area (Å²) in [6.45, 7) is 5.24. The molecule has 0 atom stereocenters. The Hall–Kier alpha value is -2.55. The molecule has 0 unspecified atom stereocenters. The zero-order valence-corrected chi connectivity index (χ0v) is 11.3. The van der Waals surface area contributed by atoms with Crippen molar-refractivity contribution in [3.63, 3.8) is 0 Å². The van der Waals surface area contributed by atoms with E-state index in [0.29, 0.717) is 6.54 Å². The SMILES string of the molecule is C=CCNc1nccn1Cc1cccc2ccccc12. The maximum absolute atomic E-state index is 4.33. The summed E-state index contributed by atoms with van der Waals surface area (Å²) in [7, 11) is 0. The molecule has 0 saturated heterocycles. The Morgan fingerprint density at radius 2 is 2.00 bits per heavy atom. The molecule has 1 N–H and O–H groups in total. The van der Waals surface area contributed by atoms with Gasteiger partial charge in [0, 0.05) is 18.9 Å². The Labute approximate surface area is 118 Å². The van der Waals surface area contributed by atoms with Crippen molar-refractivity contribution in [3.8, 4) is 0 Å². The number of aromatic nitrogens is 2. The largest absolute Gasteiger partial charge is 0.352 e. The molecule has 0 aliphatic rings. The zero-order valence-electron chi connectivity index (χ0n) is 11.3. The van der Waals surface area contributed by atoms with E-state index in [1.165, 1.54) is 16.3 Å². The number of hydrogen-bond acceptors (Lipinski definition) is 2. The van der Waals surface area contributed by atoms with E-state index in [2.05, 4.69) is 63.9 Å². The number of benzene rings is 2. The molecule has 20 heavy (non-hydrogen) atoms. The first-order chi connectivity index (χ1) is 9.88. The van der Waals surface area contributed by atoms with Crippen molar-refractivity contribution >= 4 is 16.7 Å². The molecule has 0 fully saturated rings. The Kier molecular flexibility index (Phi) is 3.50. The van der Waals surface area contributed by atoms with Crippen molar-refractivity contribution < 1.29 is 0 Å². The number of anilines is 1. The Morgan fingerprint density at radius 1 is 1.15 bits per heavy atom. The van der Waals surface area contributed by atoms with Gasteiger partial charge >= 0.3 is 0 Å². The first kappa shape index (κ1) is 12.5. The van der Waals surface area contributed by atoms with Gasteiger partial charge in [0.1, 0.15) is 0 Å². The minimum absolute atomic E-state index is 0.715. The molecule has 100 valence electrons. The van der Waals surface area contributed by atoms with E-state index in [4.69, 9.17) is 0 Å².